The smallest absolute Gasteiger partial charge is 0.336 e. The highest BCUT2D eigenvalue weighted by molar-refractivity contribution is 5.88. The Hall–Kier alpha value is -2.16. The first kappa shape index (κ1) is 20.2. The average molecular weight is 294 g/mol. The van der Waals surface area contributed by atoms with Crippen LogP contribution in [0.5, 0.6) is 0 Å². The molecule has 0 atom stereocenters. The zero-order chi connectivity index (χ0) is 16.7. The van der Waals surface area contributed by atoms with Crippen molar-refractivity contribution >= 4 is 23.9 Å². The maximum atomic E-state index is 10.3. The summed E-state index contributed by atoms with van der Waals surface area (Å²) in [5.74, 6) is -5.78. The van der Waals surface area contributed by atoms with Crippen LogP contribution in [-0.2, 0) is 19.2 Å². The van der Waals surface area contributed by atoms with Crippen molar-refractivity contribution in [2.45, 2.75) is 39.2 Å². The quantitative estimate of drug-likeness (QED) is 0.463. The number of aliphatic carboxylic acids is 4. The minimum Gasteiger partial charge on any atom is -0.481 e. The van der Waals surface area contributed by atoms with Gasteiger partial charge in [0.2, 0.25) is 0 Å². The van der Waals surface area contributed by atoms with Crippen molar-refractivity contribution in [2.75, 3.05) is 0 Å². The van der Waals surface area contributed by atoms with Crippen molar-refractivity contribution in [3.63, 3.8) is 0 Å². The van der Waals surface area contributed by atoms with E-state index in [9.17, 15) is 19.2 Å². The molecule has 0 spiro atoms. The van der Waals surface area contributed by atoms with E-state index in [2.05, 4.69) is 0 Å². The van der Waals surface area contributed by atoms with Crippen molar-refractivity contribution in [2.24, 2.45) is 5.41 Å². The molecule has 0 saturated heterocycles. The summed E-state index contributed by atoms with van der Waals surface area (Å²) in [5, 5.41) is 42.1. The van der Waals surface area contributed by atoms with Crippen LogP contribution in [0.4, 0.5) is 0 Å². The summed E-state index contributed by atoms with van der Waals surface area (Å²) in [6.07, 6.45) is -2.29. The van der Waals surface area contributed by atoms with E-state index in [0.29, 0.717) is 0 Å². The Morgan fingerprint density at radius 1 is 0.750 bits per heavy atom. The molecule has 0 radical (unpaired) electrons. The van der Waals surface area contributed by atoms with Crippen molar-refractivity contribution in [3.8, 4) is 0 Å². The van der Waals surface area contributed by atoms with Gasteiger partial charge in [-0.2, -0.15) is 0 Å². The highest BCUT2D eigenvalue weighted by Crippen LogP contribution is 2.15. The average Bonchev–Trinajstić information content (AvgIpc) is 2.13. The van der Waals surface area contributed by atoms with Crippen molar-refractivity contribution in [1.82, 2.24) is 0 Å². The van der Waals surface area contributed by atoms with Crippen LogP contribution < -0.4 is 0 Å². The SMILES string of the molecule is CC(C)(C)C(=O)O.O=C(O)CC(O)(CC(=O)O)C(=O)O. The fraction of sp³-hybridized carbons (Fsp3) is 0.636. The summed E-state index contributed by atoms with van der Waals surface area (Å²) in [4.78, 5) is 40.5. The first-order valence-electron chi connectivity index (χ1n) is 5.35. The second kappa shape index (κ2) is 7.43. The van der Waals surface area contributed by atoms with Crippen LogP contribution in [0, 0.1) is 5.41 Å². The summed E-state index contributed by atoms with van der Waals surface area (Å²) >= 11 is 0. The Balaban J connectivity index is 0. The third-order valence-electron chi connectivity index (χ3n) is 1.93. The van der Waals surface area contributed by atoms with Crippen LogP contribution in [0.3, 0.4) is 0 Å². The van der Waals surface area contributed by atoms with Gasteiger partial charge in [-0.3, -0.25) is 14.4 Å². The summed E-state index contributed by atoms with van der Waals surface area (Å²) < 4.78 is 0. The summed E-state index contributed by atoms with van der Waals surface area (Å²) in [6, 6.07) is 0. The lowest BCUT2D eigenvalue weighted by atomic mass is 9.96. The first-order valence-corrected chi connectivity index (χ1v) is 5.35. The molecular weight excluding hydrogens is 276 g/mol. The molecule has 0 aromatic rings. The highest BCUT2D eigenvalue weighted by atomic mass is 16.4. The predicted molar refractivity (Wildman–Crippen MR) is 64.2 cm³/mol. The third kappa shape index (κ3) is 8.86. The summed E-state index contributed by atoms with van der Waals surface area (Å²) in [6.45, 7) is 4.99. The van der Waals surface area contributed by atoms with Gasteiger partial charge in [0.25, 0.3) is 0 Å². The van der Waals surface area contributed by atoms with Crippen LogP contribution >= 0.6 is 0 Å². The van der Waals surface area contributed by atoms with E-state index in [4.69, 9.17) is 25.5 Å². The van der Waals surface area contributed by atoms with Crippen LogP contribution in [-0.4, -0.2) is 55.0 Å². The molecule has 0 aromatic carbocycles. The molecule has 0 bridgehead atoms. The van der Waals surface area contributed by atoms with Gasteiger partial charge in [0.05, 0.1) is 18.3 Å². The van der Waals surface area contributed by atoms with E-state index in [1.165, 1.54) is 0 Å². The fourth-order valence-corrected chi connectivity index (χ4v) is 0.714. The van der Waals surface area contributed by atoms with E-state index in [1.54, 1.807) is 20.8 Å². The van der Waals surface area contributed by atoms with Gasteiger partial charge in [0.15, 0.2) is 5.60 Å². The van der Waals surface area contributed by atoms with Crippen LogP contribution in [0.25, 0.3) is 0 Å². The molecule has 0 fully saturated rings. The molecule has 116 valence electrons. The zero-order valence-corrected chi connectivity index (χ0v) is 11.3. The normalized spacial score (nSPS) is 11.0. The lowest BCUT2D eigenvalue weighted by Gasteiger charge is -2.18. The molecule has 0 aliphatic carbocycles. The summed E-state index contributed by atoms with van der Waals surface area (Å²) in [7, 11) is 0. The van der Waals surface area contributed by atoms with E-state index in [0.717, 1.165) is 0 Å². The molecule has 0 saturated carbocycles. The topological polar surface area (TPSA) is 169 Å². The lowest BCUT2D eigenvalue weighted by Crippen LogP contribution is -2.42. The predicted octanol–water partition coefficient (Wildman–Crippen LogP) is -0.131. The van der Waals surface area contributed by atoms with Gasteiger partial charge in [-0.25, -0.2) is 4.79 Å². The van der Waals surface area contributed by atoms with Gasteiger partial charge in [-0.1, -0.05) is 0 Å². The van der Waals surface area contributed by atoms with E-state index >= 15 is 0 Å². The van der Waals surface area contributed by atoms with E-state index in [-0.39, 0.29) is 0 Å². The van der Waals surface area contributed by atoms with E-state index < -0.39 is 47.7 Å². The minimum atomic E-state index is -2.74. The monoisotopic (exact) mass is 294 g/mol. The Kier molecular flexibility index (Phi) is 7.50. The molecule has 0 unspecified atom stereocenters. The number of carbonyl (C=O) groups is 4. The maximum absolute atomic E-state index is 10.3. The van der Waals surface area contributed by atoms with Gasteiger partial charge in [0, 0.05) is 0 Å². The van der Waals surface area contributed by atoms with E-state index in [1.807, 2.05) is 0 Å². The van der Waals surface area contributed by atoms with Crippen molar-refractivity contribution in [3.05, 3.63) is 0 Å². The van der Waals surface area contributed by atoms with Crippen LogP contribution in [0.15, 0.2) is 0 Å². The van der Waals surface area contributed by atoms with Crippen molar-refractivity contribution in [1.29, 1.82) is 0 Å². The van der Waals surface area contributed by atoms with Crippen molar-refractivity contribution < 1.29 is 44.7 Å². The van der Waals surface area contributed by atoms with Gasteiger partial charge in [-0.05, 0) is 20.8 Å². The molecule has 9 nitrogen and oxygen atoms in total. The Morgan fingerprint density at radius 3 is 1.10 bits per heavy atom. The molecule has 0 amide bonds. The number of hydrogen-bond donors (Lipinski definition) is 5. The highest BCUT2D eigenvalue weighted by Gasteiger charge is 2.40. The fourth-order valence-electron chi connectivity index (χ4n) is 0.714. The molecule has 0 aliphatic heterocycles. The van der Waals surface area contributed by atoms with Crippen LogP contribution in [0.1, 0.15) is 33.6 Å². The second-order valence-electron chi connectivity index (χ2n) is 5.03. The molecule has 5 N–H and O–H groups in total. The minimum absolute atomic E-state index is 0.583. The molecule has 0 heterocycles. The summed E-state index contributed by atoms with van der Waals surface area (Å²) in [5.41, 5.74) is -3.32. The Labute approximate surface area is 114 Å². The zero-order valence-electron chi connectivity index (χ0n) is 11.3. The van der Waals surface area contributed by atoms with Gasteiger partial charge >= 0.3 is 23.9 Å². The maximum Gasteiger partial charge on any atom is 0.336 e. The number of rotatable bonds is 5. The molecule has 0 aliphatic rings. The number of hydrogen-bond acceptors (Lipinski definition) is 5. The lowest BCUT2D eigenvalue weighted by molar-refractivity contribution is -0.170. The van der Waals surface area contributed by atoms with Gasteiger partial charge in [0.1, 0.15) is 0 Å². The molecule has 9 heteroatoms. The first-order chi connectivity index (χ1) is 8.72. The number of carboxylic acids is 4. The largest absolute Gasteiger partial charge is 0.481 e. The molecule has 0 aromatic heterocycles. The Bertz CT molecular complexity index is 375. The molecular formula is C11H18O9. The Morgan fingerprint density at radius 2 is 1.00 bits per heavy atom. The van der Waals surface area contributed by atoms with Gasteiger partial charge in [-0.15, -0.1) is 0 Å². The van der Waals surface area contributed by atoms with Crippen LogP contribution in [0.2, 0.25) is 0 Å². The standard InChI is InChI=1S/C6H8O7.C5H10O2/c7-3(8)1-6(13,5(11)12)2-4(9)10;1-5(2,3)4(6)7/h13H,1-2H2,(H,7,8)(H,9,10)(H,11,12);1-3H3,(H,6,7). The molecule has 0 rings (SSSR count). The second-order valence-corrected chi connectivity index (χ2v) is 5.03. The third-order valence-corrected chi connectivity index (χ3v) is 1.93. The van der Waals surface area contributed by atoms with Gasteiger partial charge < -0.3 is 25.5 Å². The number of carboxylic acid groups (broad SMARTS) is 4. The number of aliphatic hydroxyl groups is 1. The molecule has 20 heavy (non-hydrogen) atoms.